The molecule has 0 aromatic heterocycles. The third kappa shape index (κ3) is 0.853. The van der Waals surface area contributed by atoms with Crippen molar-refractivity contribution in [1.82, 2.24) is 10.2 Å². The minimum Gasteiger partial charge on any atom is -0.189 e. The zero-order valence-corrected chi connectivity index (χ0v) is 5.77. The lowest BCUT2D eigenvalue weighted by Crippen LogP contribution is -2.31. The summed E-state index contributed by atoms with van der Waals surface area (Å²) >= 11 is 0. The molecule has 2 heterocycles. The third-order valence-corrected chi connectivity index (χ3v) is 1.61. The number of nitrogens with zero attached hydrogens (tertiary/aromatic N) is 4. The zero-order chi connectivity index (χ0) is 6.81. The van der Waals surface area contributed by atoms with Crippen molar-refractivity contribution in [2.45, 2.75) is 12.8 Å². The molecule has 2 aliphatic heterocycles. The molecule has 4 nitrogen and oxygen atoms in total. The normalized spacial score (nSPS) is 23.2. The Labute approximate surface area is 59.8 Å². The van der Waals surface area contributed by atoms with Crippen molar-refractivity contribution in [3.8, 4) is 0 Å². The molecule has 10 heavy (non-hydrogen) atoms. The molecule has 0 radical (unpaired) electrons. The van der Waals surface area contributed by atoms with Crippen LogP contribution in [0.15, 0.2) is 10.2 Å². The van der Waals surface area contributed by atoms with Gasteiger partial charge in [0, 0.05) is 25.3 Å². The molecule has 0 saturated heterocycles. The van der Waals surface area contributed by atoms with Crippen LogP contribution in [0.1, 0.15) is 12.8 Å². The highest BCUT2D eigenvalue weighted by molar-refractivity contribution is 5.60. The van der Waals surface area contributed by atoms with Gasteiger partial charge in [-0.15, -0.1) is 0 Å². The average molecular weight is 138 g/mol. The Bertz CT molecular complexity index is 155. The maximum Gasteiger partial charge on any atom is 0.0653 e. The van der Waals surface area contributed by atoms with Crippen LogP contribution in [0.25, 0.3) is 0 Å². The molecular weight excluding hydrogens is 128 g/mol. The lowest BCUT2D eigenvalue weighted by molar-refractivity contribution is 0.000202. The topological polar surface area (TPSA) is 31.2 Å². The molecule has 0 N–H and O–H groups in total. The van der Waals surface area contributed by atoms with E-state index in [1.165, 1.54) is 0 Å². The van der Waals surface area contributed by atoms with Crippen LogP contribution in [0, 0.1) is 0 Å². The molecule has 0 bridgehead atoms. The van der Waals surface area contributed by atoms with Gasteiger partial charge in [-0.2, -0.15) is 20.4 Å². The van der Waals surface area contributed by atoms with Crippen LogP contribution in [-0.2, 0) is 0 Å². The van der Waals surface area contributed by atoms with Gasteiger partial charge in [-0.05, 0) is 0 Å². The Kier molecular flexibility index (Phi) is 1.30. The minimum atomic E-state index is 0.983. The summed E-state index contributed by atoms with van der Waals surface area (Å²) in [6, 6.07) is 0. The highest BCUT2D eigenvalue weighted by Crippen LogP contribution is 2.09. The van der Waals surface area contributed by atoms with E-state index in [0.29, 0.717) is 0 Å². The quantitative estimate of drug-likeness (QED) is 0.521. The molecule has 4 heteroatoms. The van der Waals surface area contributed by atoms with Crippen molar-refractivity contribution in [2.24, 2.45) is 10.2 Å². The second-order valence-corrected chi connectivity index (χ2v) is 2.37. The monoisotopic (exact) mass is 138 g/mol. The van der Waals surface area contributed by atoms with Crippen LogP contribution in [0.5, 0.6) is 0 Å². The summed E-state index contributed by atoms with van der Waals surface area (Å²) in [4.78, 5) is 0. The van der Waals surface area contributed by atoms with Gasteiger partial charge in [-0.25, -0.2) is 0 Å². The number of rotatable bonds is 1. The lowest BCUT2D eigenvalue weighted by atomic mass is 10.5. The molecule has 0 atom stereocenters. The summed E-state index contributed by atoms with van der Waals surface area (Å²) in [6.45, 7) is 1.97. The molecule has 54 valence electrons. The highest BCUT2D eigenvalue weighted by atomic mass is 15.9. The Morgan fingerprint density at radius 1 is 0.900 bits per heavy atom. The van der Waals surface area contributed by atoms with Crippen molar-refractivity contribution in [3.05, 3.63) is 0 Å². The molecule has 0 aromatic carbocycles. The standard InChI is InChI=1S/C6H10N4/c1-3-7-9(5-1)10-6-2-4-8-10/h3-4H,1-2,5-6H2. The number of hydrazine groups is 1. The predicted octanol–water partition coefficient (Wildman–Crippen LogP) is 0.284. The summed E-state index contributed by atoms with van der Waals surface area (Å²) in [6.07, 6.45) is 5.94. The van der Waals surface area contributed by atoms with E-state index >= 15 is 0 Å². The second-order valence-electron chi connectivity index (χ2n) is 2.37. The van der Waals surface area contributed by atoms with E-state index < -0.39 is 0 Å². The van der Waals surface area contributed by atoms with Gasteiger partial charge in [-0.3, -0.25) is 0 Å². The first-order valence-corrected chi connectivity index (χ1v) is 3.57. The summed E-state index contributed by atoms with van der Waals surface area (Å²) in [5, 5.41) is 12.1. The third-order valence-electron chi connectivity index (χ3n) is 1.61. The molecular formula is C6H10N4. The molecule has 0 aliphatic carbocycles. The first-order valence-electron chi connectivity index (χ1n) is 3.57. The van der Waals surface area contributed by atoms with Crippen molar-refractivity contribution >= 4 is 12.4 Å². The first kappa shape index (κ1) is 5.70. The molecule has 0 unspecified atom stereocenters. The number of hydrogen-bond donors (Lipinski definition) is 0. The zero-order valence-electron chi connectivity index (χ0n) is 5.77. The van der Waals surface area contributed by atoms with E-state index in [-0.39, 0.29) is 0 Å². The summed E-state index contributed by atoms with van der Waals surface area (Å²) in [5.74, 6) is 0. The fourth-order valence-electron chi connectivity index (χ4n) is 1.12. The van der Waals surface area contributed by atoms with Crippen molar-refractivity contribution < 1.29 is 0 Å². The van der Waals surface area contributed by atoms with Crippen molar-refractivity contribution in [3.63, 3.8) is 0 Å². The molecule has 0 aromatic rings. The van der Waals surface area contributed by atoms with Gasteiger partial charge in [-0.1, -0.05) is 0 Å². The molecule has 0 spiro atoms. The Balaban J connectivity index is 1.98. The summed E-state index contributed by atoms with van der Waals surface area (Å²) < 4.78 is 0. The first-order chi connectivity index (χ1) is 4.97. The van der Waals surface area contributed by atoms with Gasteiger partial charge in [0.05, 0.1) is 13.1 Å². The maximum atomic E-state index is 4.14. The van der Waals surface area contributed by atoms with Gasteiger partial charge in [0.2, 0.25) is 0 Å². The van der Waals surface area contributed by atoms with E-state index in [0.717, 1.165) is 25.9 Å². The summed E-state index contributed by atoms with van der Waals surface area (Å²) in [5.41, 5.74) is 0. The maximum absolute atomic E-state index is 4.14. The van der Waals surface area contributed by atoms with Gasteiger partial charge in [0.1, 0.15) is 0 Å². The Morgan fingerprint density at radius 2 is 1.40 bits per heavy atom. The van der Waals surface area contributed by atoms with Crippen molar-refractivity contribution in [1.29, 1.82) is 0 Å². The molecule has 0 fully saturated rings. The van der Waals surface area contributed by atoms with E-state index in [1.807, 2.05) is 22.7 Å². The Hall–Kier alpha value is -1.06. The van der Waals surface area contributed by atoms with Crippen LogP contribution in [0.4, 0.5) is 0 Å². The largest absolute Gasteiger partial charge is 0.189 e. The second kappa shape index (κ2) is 2.28. The number of hydrazone groups is 2. The van der Waals surface area contributed by atoms with Crippen LogP contribution in [-0.4, -0.2) is 35.8 Å². The minimum absolute atomic E-state index is 0.983. The van der Waals surface area contributed by atoms with E-state index in [2.05, 4.69) is 10.2 Å². The van der Waals surface area contributed by atoms with Crippen LogP contribution in [0.3, 0.4) is 0 Å². The Morgan fingerprint density at radius 3 is 1.70 bits per heavy atom. The molecule has 2 aliphatic rings. The molecule has 0 amide bonds. The molecule has 0 saturated carbocycles. The SMILES string of the molecule is C1=NN(N2CCC=N2)CC1. The fourth-order valence-corrected chi connectivity index (χ4v) is 1.12. The summed E-state index contributed by atoms with van der Waals surface area (Å²) in [7, 11) is 0. The average Bonchev–Trinajstić information content (AvgIpc) is 2.59. The number of hydrogen-bond acceptors (Lipinski definition) is 4. The van der Waals surface area contributed by atoms with Crippen LogP contribution in [0.2, 0.25) is 0 Å². The van der Waals surface area contributed by atoms with Crippen molar-refractivity contribution in [2.75, 3.05) is 13.1 Å². The van der Waals surface area contributed by atoms with E-state index in [9.17, 15) is 0 Å². The van der Waals surface area contributed by atoms with E-state index in [1.54, 1.807) is 0 Å². The van der Waals surface area contributed by atoms with Crippen LogP contribution >= 0.6 is 0 Å². The fraction of sp³-hybridized carbons (Fsp3) is 0.667. The lowest BCUT2D eigenvalue weighted by Gasteiger charge is -2.22. The smallest absolute Gasteiger partial charge is 0.0653 e. The van der Waals surface area contributed by atoms with Gasteiger partial charge in [0.15, 0.2) is 0 Å². The van der Waals surface area contributed by atoms with Crippen LogP contribution < -0.4 is 0 Å². The van der Waals surface area contributed by atoms with Gasteiger partial charge < -0.3 is 0 Å². The molecule has 2 rings (SSSR count). The van der Waals surface area contributed by atoms with E-state index in [4.69, 9.17) is 0 Å². The predicted molar refractivity (Wildman–Crippen MR) is 39.6 cm³/mol. The van der Waals surface area contributed by atoms with Gasteiger partial charge >= 0.3 is 0 Å². The van der Waals surface area contributed by atoms with Gasteiger partial charge in [0.25, 0.3) is 0 Å². The highest BCUT2D eigenvalue weighted by Gasteiger charge is 2.15.